The Hall–Kier alpha value is -2.26. The van der Waals surface area contributed by atoms with Crippen molar-refractivity contribution >= 4 is 17.0 Å². The third-order valence-electron chi connectivity index (χ3n) is 3.57. The number of aromatic nitrogens is 2. The Bertz CT molecular complexity index is 645. The Labute approximate surface area is 111 Å². The molecule has 0 radical (unpaired) electrons. The zero-order valence-corrected chi connectivity index (χ0v) is 10.9. The molecule has 0 saturated carbocycles. The van der Waals surface area contributed by atoms with Crippen molar-refractivity contribution in [2.24, 2.45) is 0 Å². The van der Waals surface area contributed by atoms with E-state index in [1.165, 1.54) is 0 Å². The van der Waals surface area contributed by atoms with Gasteiger partial charge in [0.2, 0.25) is 5.95 Å². The second-order valence-corrected chi connectivity index (χ2v) is 4.82. The molecular formula is C13H16N6. The number of piperazine rings is 1. The molecule has 2 heterocycles. The number of rotatable bonds is 1. The van der Waals surface area contributed by atoms with Gasteiger partial charge in [-0.2, -0.15) is 5.26 Å². The highest BCUT2D eigenvalue weighted by atomic mass is 15.6. The van der Waals surface area contributed by atoms with Gasteiger partial charge in [0.05, 0.1) is 11.1 Å². The standard InChI is InChI=1S/C13H16N6/c1-17-5-7-18(8-6-17)19-11-4-2-3-10(9-14)12(11)16-13(19)15/h2-4H,5-8H2,1H3,(H2,15,16). The second kappa shape index (κ2) is 4.44. The zero-order valence-electron chi connectivity index (χ0n) is 10.9. The number of imidazole rings is 1. The Kier molecular flexibility index (Phi) is 2.76. The van der Waals surface area contributed by atoms with Crippen LogP contribution in [0.2, 0.25) is 0 Å². The number of nitriles is 1. The summed E-state index contributed by atoms with van der Waals surface area (Å²) in [5.74, 6) is 0.447. The SMILES string of the molecule is CN1CCN(n2c(N)nc3c(C#N)cccc32)CC1. The topological polar surface area (TPSA) is 74.1 Å². The summed E-state index contributed by atoms with van der Waals surface area (Å²) in [6.45, 7) is 3.81. The van der Waals surface area contributed by atoms with Crippen molar-refractivity contribution < 1.29 is 0 Å². The van der Waals surface area contributed by atoms with Gasteiger partial charge in [0.15, 0.2) is 0 Å². The van der Waals surface area contributed by atoms with Gasteiger partial charge in [0, 0.05) is 26.2 Å². The minimum atomic E-state index is 0.447. The molecule has 0 amide bonds. The van der Waals surface area contributed by atoms with Crippen LogP contribution in [0.15, 0.2) is 18.2 Å². The van der Waals surface area contributed by atoms with E-state index in [0.29, 0.717) is 17.0 Å². The highest BCUT2D eigenvalue weighted by Gasteiger charge is 2.19. The van der Waals surface area contributed by atoms with Crippen molar-refractivity contribution in [3.63, 3.8) is 0 Å². The second-order valence-electron chi connectivity index (χ2n) is 4.82. The monoisotopic (exact) mass is 256 g/mol. The van der Waals surface area contributed by atoms with Crippen LogP contribution in [0.25, 0.3) is 11.0 Å². The van der Waals surface area contributed by atoms with Gasteiger partial charge in [0.25, 0.3) is 0 Å². The van der Waals surface area contributed by atoms with Crippen LogP contribution in [0.1, 0.15) is 5.56 Å². The summed E-state index contributed by atoms with van der Waals surface area (Å²) in [7, 11) is 2.11. The predicted molar refractivity (Wildman–Crippen MR) is 74.3 cm³/mol. The molecule has 1 aromatic heterocycles. The molecule has 19 heavy (non-hydrogen) atoms. The number of nitrogens with two attached hydrogens (primary N) is 1. The van der Waals surface area contributed by atoms with Crippen LogP contribution in [-0.2, 0) is 0 Å². The first-order chi connectivity index (χ1) is 9.20. The molecule has 2 aromatic rings. The Balaban J connectivity index is 2.09. The molecule has 0 spiro atoms. The lowest BCUT2D eigenvalue weighted by Gasteiger charge is -2.35. The Morgan fingerprint density at radius 3 is 2.68 bits per heavy atom. The fourth-order valence-electron chi connectivity index (χ4n) is 2.49. The average Bonchev–Trinajstić information content (AvgIpc) is 2.76. The number of likely N-dealkylation sites (N-methyl/N-ethyl adjacent to an activating group) is 1. The number of fused-ring (bicyclic) bond motifs is 1. The number of hydrogen-bond acceptors (Lipinski definition) is 5. The van der Waals surface area contributed by atoms with Gasteiger partial charge in [-0.25, -0.2) is 9.66 Å². The predicted octanol–water partition coefficient (Wildman–Crippen LogP) is 0.374. The number of nitrogens with zero attached hydrogens (tertiary/aromatic N) is 5. The van der Waals surface area contributed by atoms with E-state index in [1.807, 2.05) is 16.8 Å². The molecule has 1 saturated heterocycles. The molecule has 0 bridgehead atoms. The molecule has 1 aromatic carbocycles. The lowest BCUT2D eigenvalue weighted by atomic mass is 10.2. The van der Waals surface area contributed by atoms with Gasteiger partial charge in [-0.1, -0.05) is 6.07 Å². The van der Waals surface area contributed by atoms with Crippen molar-refractivity contribution in [2.75, 3.05) is 44.0 Å². The van der Waals surface area contributed by atoms with Gasteiger partial charge in [-0.3, -0.25) is 0 Å². The summed E-state index contributed by atoms with van der Waals surface area (Å²) in [6.07, 6.45) is 0. The highest BCUT2D eigenvalue weighted by molar-refractivity contribution is 5.84. The van der Waals surface area contributed by atoms with E-state index in [4.69, 9.17) is 11.0 Å². The van der Waals surface area contributed by atoms with E-state index >= 15 is 0 Å². The maximum absolute atomic E-state index is 9.12. The first-order valence-electron chi connectivity index (χ1n) is 6.31. The number of nitrogen functional groups attached to an aromatic ring is 1. The molecule has 1 fully saturated rings. The smallest absolute Gasteiger partial charge is 0.220 e. The normalized spacial score (nSPS) is 16.7. The van der Waals surface area contributed by atoms with Gasteiger partial charge < -0.3 is 15.6 Å². The maximum Gasteiger partial charge on any atom is 0.220 e. The first kappa shape index (κ1) is 11.8. The van der Waals surface area contributed by atoms with Crippen LogP contribution in [0.3, 0.4) is 0 Å². The molecule has 3 rings (SSSR count). The van der Waals surface area contributed by atoms with E-state index in [-0.39, 0.29) is 0 Å². The van der Waals surface area contributed by atoms with Gasteiger partial charge in [-0.15, -0.1) is 0 Å². The third-order valence-corrected chi connectivity index (χ3v) is 3.57. The van der Waals surface area contributed by atoms with Crippen molar-refractivity contribution in [2.45, 2.75) is 0 Å². The lowest BCUT2D eigenvalue weighted by molar-refractivity contribution is 0.290. The first-order valence-corrected chi connectivity index (χ1v) is 6.31. The molecule has 0 unspecified atom stereocenters. The summed E-state index contributed by atoms with van der Waals surface area (Å²) in [6, 6.07) is 7.76. The summed E-state index contributed by atoms with van der Waals surface area (Å²) in [5.41, 5.74) is 8.18. The van der Waals surface area contributed by atoms with Gasteiger partial charge in [0.1, 0.15) is 11.6 Å². The van der Waals surface area contributed by atoms with E-state index in [0.717, 1.165) is 31.7 Å². The Morgan fingerprint density at radius 1 is 1.26 bits per heavy atom. The quantitative estimate of drug-likeness (QED) is 0.798. The highest BCUT2D eigenvalue weighted by Crippen LogP contribution is 2.21. The number of benzene rings is 1. The van der Waals surface area contributed by atoms with Crippen molar-refractivity contribution in [3.05, 3.63) is 23.8 Å². The minimum absolute atomic E-state index is 0.447. The van der Waals surface area contributed by atoms with Crippen LogP contribution in [0, 0.1) is 11.3 Å². The van der Waals surface area contributed by atoms with Crippen molar-refractivity contribution in [3.8, 4) is 6.07 Å². The molecule has 98 valence electrons. The minimum Gasteiger partial charge on any atom is -0.368 e. The van der Waals surface area contributed by atoms with Crippen LogP contribution in [-0.4, -0.2) is 47.8 Å². The molecule has 6 heteroatoms. The number of para-hydroxylation sites is 1. The maximum atomic E-state index is 9.12. The number of anilines is 1. The summed E-state index contributed by atoms with van der Waals surface area (Å²) < 4.78 is 1.93. The fourth-order valence-corrected chi connectivity index (χ4v) is 2.49. The molecule has 0 aliphatic carbocycles. The van der Waals surface area contributed by atoms with Gasteiger partial charge in [-0.05, 0) is 19.2 Å². The van der Waals surface area contributed by atoms with Crippen LogP contribution in [0.4, 0.5) is 5.95 Å². The average molecular weight is 256 g/mol. The van der Waals surface area contributed by atoms with Crippen LogP contribution >= 0.6 is 0 Å². The molecule has 2 N–H and O–H groups in total. The third kappa shape index (κ3) is 1.88. The van der Waals surface area contributed by atoms with E-state index in [2.05, 4.69) is 28.0 Å². The Morgan fingerprint density at radius 2 is 2.00 bits per heavy atom. The summed E-state index contributed by atoms with van der Waals surface area (Å²) >= 11 is 0. The van der Waals surface area contributed by atoms with Crippen molar-refractivity contribution in [1.29, 1.82) is 5.26 Å². The number of hydrogen-bond donors (Lipinski definition) is 1. The van der Waals surface area contributed by atoms with Crippen LogP contribution in [0.5, 0.6) is 0 Å². The molecule has 1 aliphatic rings. The van der Waals surface area contributed by atoms with Crippen molar-refractivity contribution in [1.82, 2.24) is 14.6 Å². The van der Waals surface area contributed by atoms with Gasteiger partial charge >= 0.3 is 0 Å². The fraction of sp³-hybridized carbons (Fsp3) is 0.385. The lowest BCUT2D eigenvalue weighted by Crippen LogP contribution is -2.50. The largest absolute Gasteiger partial charge is 0.368 e. The zero-order chi connectivity index (χ0) is 13.4. The summed E-state index contributed by atoms with van der Waals surface area (Å²) in [4.78, 5) is 6.63. The molecule has 6 nitrogen and oxygen atoms in total. The molecule has 1 aliphatic heterocycles. The van der Waals surface area contributed by atoms with E-state index < -0.39 is 0 Å². The summed E-state index contributed by atoms with van der Waals surface area (Å²) in [5, 5.41) is 11.3. The molecular weight excluding hydrogens is 240 g/mol. The van der Waals surface area contributed by atoms with E-state index in [1.54, 1.807) is 6.07 Å². The molecule has 0 atom stereocenters. The van der Waals surface area contributed by atoms with E-state index in [9.17, 15) is 0 Å². The van der Waals surface area contributed by atoms with Crippen LogP contribution < -0.4 is 10.7 Å².